The van der Waals surface area contributed by atoms with Crippen LogP contribution in [0.1, 0.15) is 20.3 Å². The SMILES string of the molecule is CNCCC(=O)N1CCN(CC(=O)NC(C)C)CC1. The van der Waals surface area contributed by atoms with E-state index in [0.29, 0.717) is 13.0 Å². The van der Waals surface area contributed by atoms with Crippen molar-refractivity contribution in [3.63, 3.8) is 0 Å². The molecule has 0 saturated carbocycles. The van der Waals surface area contributed by atoms with E-state index in [0.717, 1.165) is 32.7 Å². The van der Waals surface area contributed by atoms with E-state index in [9.17, 15) is 9.59 Å². The average Bonchev–Trinajstić information content (AvgIpc) is 2.35. The summed E-state index contributed by atoms with van der Waals surface area (Å²) in [6.07, 6.45) is 0.546. The second-order valence-electron chi connectivity index (χ2n) is 5.23. The molecule has 110 valence electrons. The molecule has 6 heteroatoms. The molecule has 0 radical (unpaired) electrons. The molecule has 1 aliphatic heterocycles. The Morgan fingerprint density at radius 1 is 1.16 bits per heavy atom. The molecule has 0 aliphatic carbocycles. The lowest BCUT2D eigenvalue weighted by Crippen LogP contribution is -2.51. The Balaban J connectivity index is 2.25. The van der Waals surface area contributed by atoms with Crippen molar-refractivity contribution in [2.75, 3.05) is 46.3 Å². The lowest BCUT2D eigenvalue weighted by atomic mass is 10.2. The Hall–Kier alpha value is -1.14. The predicted octanol–water partition coefficient (Wildman–Crippen LogP) is -0.735. The molecule has 0 spiro atoms. The minimum Gasteiger partial charge on any atom is -0.353 e. The van der Waals surface area contributed by atoms with Crippen LogP contribution in [0.15, 0.2) is 0 Å². The van der Waals surface area contributed by atoms with E-state index in [-0.39, 0.29) is 17.9 Å². The fourth-order valence-corrected chi connectivity index (χ4v) is 2.12. The number of hydrogen-bond acceptors (Lipinski definition) is 4. The van der Waals surface area contributed by atoms with E-state index in [1.807, 2.05) is 25.8 Å². The van der Waals surface area contributed by atoms with E-state index >= 15 is 0 Å². The summed E-state index contributed by atoms with van der Waals surface area (Å²) in [5, 5.41) is 5.86. The molecule has 1 aliphatic rings. The molecule has 1 heterocycles. The summed E-state index contributed by atoms with van der Waals surface area (Å²) in [7, 11) is 1.85. The van der Waals surface area contributed by atoms with Gasteiger partial charge in [0.05, 0.1) is 6.54 Å². The number of nitrogens with one attached hydrogen (secondary N) is 2. The summed E-state index contributed by atoms with van der Waals surface area (Å²) in [5.41, 5.74) is 0. The predicted molar refractivity (Wildman–Crippen MR) is 74.8 cm³/mol. The van der Waals surface area contributed by atoms with Gasteiger partial charge in [0.25, 0.3) is 0 Å². The Labute approximate surface area is 115 Å². The van der Waals surface area contributed by atoms with Crippen LogP contribution in [0.2, 0.25) is 0 Å². The van der Waals surface area contributed by atoms with Crippen molar-refractivity contribution < 1.29 is 9.59 Å². The van der Waals surface area contributed by atoms with Crippen LogP contribution in [0.5, 0.6) is 0 Å². The summed E-state index contributed by atoms with van der Waals surface area (Å²) >= 11 is 0. The first-order valence-electron chi connectivity index (χ1n) is 6.97. The van der Waals surface area contributed by atoms with Crippen molar-refractivity contribution in [2.24, 2.45) is 0 Å². The maximum atomic E-state index is 11.8. The first-order chi connectivity index (χ1) is 9.02. The van der Waals surface area contributed by atoms with Crippen LogP contribution in [0, 0.1) is 0 Å². The highest BCUT2D eigenvalue weighted by Gasteiger charge is 2.21. The van der Waals surface area contributed by atoms with E-state index in [1.54, 1.807) is 0 Å². The second-order valence-corrected chi connectivity index (χ2v) is 5.23. The van der Waals surface area contributed by atoms with E-state index < -0.39 is 0 Å². The van der Waals surface area contributed by atoms with Crippen LogP contribution in [0.4, 0.5) is 0 Å². The lowest BCUT2D eigenvalue weighted by molar-refractivity contribution is -0.133. The third kappa shape index (κ3) is 6.02. The number of piperazine rings is 1. The highest BCUT2D eigenvalue weighted by Crippen LogP contribution is 2.03. The van der Waals surface area contributed by atoms with Crippen LogP contribution in [-0.4, -0.2) is 74.0 Å². The summed E-state index contributed by atoms with van der Waals surface area (Å²) in [5.74, 6) is 0.255. The summed E-state index contributed by atoms with van der Waals surface area (Å²) in [4.78, 5) is 27.4. The molecule has 6 nitrogen and oxygen atoms in total. The van der Waals surface area contributed by atoms with Crippen molar-refractivity contribution in [1.29, 1.82) is 0 Å². The molecular weight excluding hydrogens is 244 g/mol. The molecule has 0 aromatic carbocycles. The van der Waals surface area contributed by atoms with Gasteiger partial charge in [0, 0.05) is 45.2 Å². The number of amides is 2. The lowest BCUT2D eigenvalue weighted by Gasteiger charge is -2.34. The van der Waals surface area contributed by atoms with E-state index in [1.165, 1.54) is 0 Å². The summed E-state index contributed by atoms with van der Waals surface area (Å²) in [6.45, 7) is 8.04. The fraction of sp³-hybridized carbons (Fsp3) is 0.846. The van der Waals surface area contributed by atoms with Gasteiger partial charge in [0.2, 0.25) is 11.8 Å². The zero-order valence-electron chi connectivity index (χ0n) is 12.2. The molecule has 1 rings (SSSR count). The standard InChI is InChI=1S/C13H26N4O2/c1-11(2)15-12(18)10-16-6-8-17(9-7-16)13(19)4-5-14-3/h11,14H,4-10H2,1-3H3,(H,15,18). The van der Waals surface area contributed by atoms with Gasteiger partial charge in [0.15, 0.2) is 0 Å². The Kier molecular flexibility index (Phi) is 6.80. The third-order valence-corrected chi connectivity index (χ3v) is 3.13. The normalized spacial score (nSPS) is 16.7. The molecular formula is C13H26N4O2. The Morgan fingerprint density at radius 3 is 2.32 bits per heavy atom. The highest BCUT2D eigenvalue weighted by atomic mass is 16.2. The minimum absolute atomic E-state index is 0.0601. The number of carbonyl (C=O) groups is 2. The van der Waals surface area contributed by atoms with Crippen molar-refractivity contribution in [3.05, 3.63) is 0 Å². The molecule has 0 unspecified atom stereocenters. The largest absolute Gasteiger partial charge is 0.353 e. The molecule has 19 heavy (non-hydrogen) atoms. The Morgan fingerprint density at radius 2 is 1.79 bits per heavy atom. The monoisotopic (exact) mass is 270 g/mol. The average molecular weight is 270 g/mol. The molecule has 2 amide bonds. The minimum atomic E-state index is 0.0601. The van der Waals surface area contributed by atoms with Crippen LogP contribution in [0.25, 0.3) is 0 Å². The fourth-order valence-electron chi connectivity index (χ4n) is 2.12. The van der Waals surface area contributed by atoms with Crippen molar-refractivity contribution in [2.45, 2.75) is 26.3 Å². The highest BCUT2D eigenvalue weighted by molar-refractivity contribution is 5.78. The molecule has 2 N–H and O–H groups in total. The van der Waals surface area contributed by atoms with Gasteiger partial charge >= 0.3 is 0 Å². The van der Waals surface area contributed by atoms with E-state index in [2.05, 4.69) is 15.5 Å². The zero-order chi connectivity index (χ0) is 14.3. The van der Waals surface area contributed by atoms with Gasteiger partial charge < -0.3 is 15.5 Å². The van der Waals surface area contributed by atoms with Gasteiger partial charge in [-0.2, -0.15) is 0 Å². The molecule has 0 aromatic heterocycles. The maximum Gasteiger partial charge on any atom is 0.234 e. The summed E-state index contributed by atoms with van der Waals surface area (Å²) < 4.78 is 0. The molecule has 0 bridgehead atoms. The maximum absolute atomic E-state index is 11.8. The number of carbonyl (C=O) groups excluding carboxylic acids is 2. The van der Waals surface area contributed by atoms with Gasteiger partial charge in [-0.05, 0) is 20.9 Å². The van der Waals surface area contributed by atoms with Crippen LogP contribution >= 0.6 is 0 Å². The van der Waals surface area contributed by atoms with Gasteiger partial charge in [-0.3, -0.25) is 14.5 Å². The topological polar surface area (TPSA) is 64.7 Å². The quantitative estimate of drug-likeness (QED) is 0.667. The van der Waals surface area contributed by atoms with Gasteiger partial charge in [0.1, 0.15) is 0 Å². The van der Waals surface area contributed by atoms with Crippen molar-refractivity contribution in [1.82, 2.24) is 20.4 Å². The summed E-state index contributed by atoms with van der Waals surface area (Å²) in [6, 6.07) is 0.178. The van der Waals surface area contributed by atoms with Gasteiger partial charge in [-0.1, -0.05) is 0 Å². The first-order valence-corrected chi connectivity index (χ1v) is 6.97. The third-order valence-electron chi connectivity index (χ3n) is 3.13. The van der Waals surface area contributed by atoms with Gasteiger partial charge in [-0.15, -0.1) is 0 Å². The zero-order valence-corrected chi connectivity index (χ0v) is 12.2. The number of rotatable bonds is 6. The van der Waals surface area contributed by atoms with Crippen molar-refractivity contribution in [3.8, 4) is 0 Å². The Bertz CT molecular complexity index is 299. The van der Waals surface area contributed by atoms with Crippen LogP contribution in [0.3, 0.4) is 0 Å². The molecule has 0 atom stereocenters. The van der Waals surface area contributed by atoms with E-state index in [4.69, 9.17) is 0 Å². The molecule has 1 saturated heterocycles. The number of hydrogen-bond donors (Lipinski definition) is 2. The van der Waals surface area contributed by atoms with Crippen LogP contribution in [-0.2, 0) is 9.59 Å². The molecule has 0 aromatic rings. The molecule has 1 fully saturated rings. The first kappa shape index (κ1) is 15.9. The second kappa shape index (κ2) is 8.12. The number of nitrogens with zero attached hydrogens (tertiary/aromatic N) is 2. The van der Waals surface area contributed by atoms with Crippen molar-refractivity contribution >= 4 is 11.8 Å². The van der Waals surface area contributed by atoms with Crippen LogP contribution < -0.4 is 10.6 Å². The van der Waals surface area contributed by atoms with Gasteiger partial charge in [-0.25, -0.2) is 0 Å². The smallest absolute Gasteiger partial charge is 0.234 e.